The van der Waals surface area contributed by atoms with Crippen LogP contribution in [0.5, 0.6) is 0 Å². The SMILES string of the molecule is IC[C@@H]1O[C@@H]1COC(c1ccccc1)(c1ccccc1)c1ccccc1. The minimum absolute atomic E-state index is 0.183. The van der Waals surface area contributed by atoms with E-state index < -0.39 is 5.60 Å². The lowest BCUT2D eigenvalue weighted by atomic mass is 9.80. The molecule has 1 saturated heterocycles. The third-order valence-corrected chi connectivity index (χ3v) is 5.71. The zero-order valence-corrected chi connectivity index (χ0v) is 16.6. The Morgan fingerprint density at radius 1 is 0.692 bits per heavy atom. The average Bonchev–Trinajstić information content (AvgIpc) is 3.50. The zero-order chi connectivity index (χ0) is 17.8. The number of benzene rings is 3. The van der Waals surface area contributed by atoms with Crippen LogP contribution in [0.15, 0.2) is 91.0 Å². The first-order chi connectivity index (χ1) is 12.8. The van der Waals surface area contributed by atoms with Crippen LogP contribution in [-0.4, -0.2) is 23.2 Å². The Kier molecular flexibility index (Phi) is 5.38. The lowest BCUT2D eigenvalue weighted by Crippen LogP contribution is -2.34. The Hall–Kier alpha value is -1.69. The molecule has 0 spiro atoms. The van der Waals surface area contributed by atoms with Crippen molar-refractivity contribution in [2.24, 2.45) is 0 Å². The smallest absolute Gasteiger partial charge is 0.143 e. The van der Waals surface area contributed by atoms with Gasteiger partial charge in [-0.2, -0.15) is 0 Å². The van der Waals surface area contributed by atoms with Crippen molar-refractivity contribution in [2.45, 2.75) is 17.8 Å². The van der Waals surface area contributed by atoms with Gasteiger partial charge in [0.2, 0.25) is 0 Å². The highest BCUT2D eigenvalue weighted by atomic mass is 127. The van der Waals surface area contributed by atoms with Crippen molar-refractivity contribution in [3.05, 3.63) is 108 Å². The van der Waals surface area contributed by atoms with E-state index in [1.54, 1.807) is 0 Å². The van der Waals surface area contributed by atoms with Crippen LogP contribution in [0, 0.1) is 0 Å². The summed E-state index contributed by atoms with van der Waals surface area (Å²) in [7, 11) is 0. The molecule has 3 heteroatoms. The normalized spacial score (nSPS) is 19.3. The fourth-order valence-corrected chi connectivity index (χ4v) is 4.21. The van der Waals surface area contributed by atoms with Gasteiger partial charge in [-0.25, -0.2) is 0 Å². The Bertz CT molecular complexity index is 724. The number of alkyl halides is 1. The van der Waals surface area contributed by atoms with E-state index in [0.29, 0.717) is 12.7 Å². The predicted molar refractivity (Wildman–Crippen MR) is 113 cm³/mol. The molecule has 1 aliphatic rings. The summed E-state index contributed by atoms with van der Waals surface area (Å²) in [5.41, 5.74) is 2.74. The minimum Gasteiger partial charge on any atom is -0.366 e. The summed E-state index contributed by atoms with van der Waals surface area (Å²) in [5.74, 6) is 0. The van der Waals surface area contributed by atoms with Gasteiger partial charge in [0.1, 0.15) is 11.7 Å². The van der Waals surface area contributed by atoms with Crippen molar-refractivity contribution in [2.75, 3.05) is 11.0 Å². The third kappa shape index (κ3) is 3.43. The molecule has 1 fully saturated rings. The van der Waals surface area contributed by atoms with E-state index in [2.05, 4.69) is 95.4 Å². The second kappa shape index (κ2) is 7.91. The molecule has 0 amide bonds. The maximum Gasteiger partial charge on any atom is 0.143 e. The molecule has 1 heterocycles. The van der Waals surface area contributed by atoms with E-state index in [1.165, 1.54) is 0 Å². The minimum atomic E-state index is -0.647. The lowest BCUT2D eigenvalue weighted by Gasteiger charge is -2.35. The molecule has 0 saturated carbocycles. The van der Waals surface area contributed by atoms with Gasteiger partial charge in [0.25, 0.3) is 0 Å². The molecule has 1 aliphatic heterocycles. The van der Waals surface area contributed by atoms with Crippen molar-refractivity contribution < 1.29 is 9.47 Å². The van der Waals surface area contributed by atoms with Crippen LogP contribution in [0.25, 0.3) is 0 Å². The molecule has 2 atom stereocenters. The molecule has 132 valence electrons. The maximum atomic E-state index is 6.72. The van der Waals surface area contributed by atoms with Crippen LogP contribution in [0.1, 0.15) is 16.7 Å². The first kappa shape index (κ1) is 17.7. The van der Waals surface area contributed by atoms with Gasteiger partial charge < -0.3 is 9.47 Å². The highest BCUT2D eigenvalue weighted by Crippen LogP contribution is 2.41. The molecule has 26 heavy (non-hydrogen) atoms. The first-order valence-corrected chi connectivity index (χ1v) is 10.4. The molecule has 3 aromatic carbocycles. The monoisotopic (exact) mass is 456 g/mol. The van der Waals surface area contributed by atoms with Crippen LogP contribution in [0.3, 0.4) is 0 Å². The van der Waals surface area contributed by atoms with Crippen molar-refractivity contribution in [3.8, 4) is 0 Å². The van der Waals surface area contributed by atoms with Gasteiger partial charge in [-0.3, -0.25) is 0 Å². The van der Waals surface area contributed by atoms with Gasteiger partial charge in [-0.1, -0.05) is 114 Å². The van der Waals surface area contributed by atoms with Crippen molar-refractivity contribution in [3.63, 3.8) is 0 Å². The van der Waals surface area contributed by atoms with E-state index in [0.717, 1.165) is 21.1 Å². The molecule has 0 bridgehead atoms. The lowest BCUT2D eigenvalue weighted by molar-refractivity contribution is 0.00428. The largest absolute Gasteiger partial charge is 0.366 e. The summed E-state index contributed by atoms with van der Waals surface area (Å²) in [5, 5.41) is 0. The van der Waals surface area contributed by atoms with Gasteiger partial charge in [0, 0.05) is 4.43 Å². The molecule has 0 radical (unpaired) electrons. The highest BCUT2D eigenvalue weighted by Gasteiger charge is 2.43. The average molecular weight is 456 g/mol. The van der Waals surface area contributed by atoms with Gasteiger partial charge in [-0.05, 0) is 16.7 Å². The van der Waals surface area contributed by atoms with Gasteiger partial charge >= 0.3 is 0 Å². The Balaban J connectivity index is 1.83. The quantitative estimate of drug-likeness (QED) is 0.211. The predicted octanol–water partition coefficient (Wildman–Crippen LogP) is 5.20. The van der Waals surface area contributed by atoms with Crippen LogP contribution < -0.4 is 0 Å². The number of ether oxygens (including phenoxy) is 2. The van der Waals surface area contributed by atoms with Crippen LogP contribution in [0.2, 0.25) is 0 Å². The number of halogens is 1. The Morgan fingerprint density at radius 3 is 1.46 bits per heavy atom. The van der Waals surface area contributed by atoms with Gasteiger partial charge in [0.15, 0.2) is 0 Å². The second-order valence-corrected chi connectivity index (χ2v) is 7.34. The first-order valence-electron chi connectivity index (χ1n) is 8.86. The Morgan fingerprint density at radius 2 is 1.12 bits per heavy atom. The molecule has 0 N–H and O–H groups in total. The second-order valence-electron chi connectivity index (χ2n) is 6.46. The molecular weight excluding hydrogens is 435 g/mol. The topological polar surface area (TPSA) is 21.8 Å². The van der Waals surface area contributed by atoms with Crippen LogP contribution in [-0.2, 0) is 15.1 Å². The molecule has 3 aromatic rings. The van der Waals surface area contributed by atoms with E-state index in [-0.39, 0.29) is 6.10 Å². The highest BCUT2D eigenvalue weighted by molar-refractivity contribution is 14.1. The fourth-order valence-electron chi connectivity index (χ4n) is 3.44. The zero-order valence-electron chi connectivity index (χ0n) is 14.4. The van der Waals surface area contributed by atoms with Crippen LogP contribution in [0.4, 0.5) is 0 Å². The molecule has 4 rings (SSSR count). The number of hydrogen-bond donors (Lipinski definition) is 0. The molecule has 0 aromatic heterocycles. The standard InChI is InChI=1S/C23H21IO2/c24-16-21-22(26-21)17-25-23(18-10-4-1-5-11-18,19-12-6-2-7-13-19)20-14-8-3-9-15-20/h1-15,21-22H,16-17H2/t21-,22+/m0/s1. The Labute approximate surface area is 168 Å². The van der Waals surface area contributed by atoms with Crippen molar-refractivity contribution >= 4 is 22.6 Å². The number of hydrogen-bond acceptors (Lipinski definition) is 2. The third-order valence-electron chi connectivity index (χ3n) is 4.84. The molecule has 2 nitrogen and oxygen atoms in total. The van der Waals surface area contributed by atoms with Crippen LogP contribution >= 0.6 is 22.6 Å². The van der Waals surface area contributed by atoms with E-state index in [9.17, 15) is 0 Å². The van der Waals surface area contributed by atoms with E-state index in [1.807, 2.05) is 18.2 Å². The summed E-state index contributed by atoms with van der Waals surface area (Å²) in [6, 6.07) is 31.4. The molecule has 0 aliphatic carbocycles. The summed E-state index contributed by atoms with van der Waals surface area (Å²) in [6.45, 7) is 0.576. The van der Waals surface area contributed by atoms with Gasteiger partial charge in [0.05, 0.1) is 12.7 Å². The van der Waals surface area contributed by atoms with E-state index >= 15 is 0 Å². The van der Waals surface area contributed by atoms with Gasteiger partial charge in [-0.15, -0.1) is 0 Å². The van der Waals surface area contributed by atoms with Crippen molar-refractivity contribution in [1.82, 2.24) is 0 Å². The summed E-state index contributed by atoms with van der Waals surface area (Å²) in [6.07, 6.45) is 0.498. The molecule has 0 unspecified atom stereocenters. The molecular formula is C23H21IO2. The van der Waals surface area contributed by atoms with E-state index in [4.69, 9.17) is 9.47 Å². The maximum absolute atomic E-state index is 6.72. The fraction of sp³-hybridized carbons (Fsp3) is 0.217. The summed E-state index contributed by atoms with van der Waals surface area (Å²) < 4.78 is 13.5. The summed E-state index contributed by atoms with van der Waals surface area (Å²) >= 11 is 2.37. The number of rotatable bonds is 7. The van der Waals surface area contributed by atoms with Crippen molar-refractivity contribution in [1.29, 1.82) is 0 Å². The summed E-state index contributed by atoms with van der Waals surface area (Å²) in [4.78, 5) is 0. The number of epoxide rings is 1.